The zero-order valence-corrected chi connectivity index (χ0v) is 42.4. The normalized spacial score (nSPS) is 11.7. The van der Waals surface area contributed by atoms with Crippen LogP contribution in [0, 0.1) is 0 Å². The maximum absolute atomic E-state index is 11.8. The van der Waals surface area contributed by atoms with E-state index in [4.69, 9.17) is 4.34 Å². The van der Waals surface area contributed by atoms with Gasteiger partial charge in [0.25, 0.3) is 8.32 Å². The first-order chi connectivity index (χ1) is 29.7. The number of quaternary nitrogens is 2. The van der Waals surface area contributed by atoms with E-state index >= 15 is 0 Å². The second-order valence-corrected chi connectivity index (χ2v) is 21.2. The fourth-order valence-electron chi connectivity index (χ4n) is 8.91. The summed E-state index contributed by atoms with van der Waals surface area (Å²) >= 11 is 0. The van der Waals surface area contributed by atoms with E-state index in [2.05, 4.69) is 68.4 Å². The van der Waals surface area contributed by atoms with Gasteiger partial charge >= 0.3 is 0 Å². The van der Waals surface area contributed by atoms with Gasteiger partial charge in [-0.25, -0.2) is 0 Å². The van der Waals surface area contributed by atoms with Crippen LogP contribution < -0.4 is 25.6 Å². The molecule has 0 saturated carbocycles. The highest BCUT2D eigenvalue weighted by atomic mass is 28.4. The third-order valence-electron chi connectivity index (χ3n) is 12.7. The van der Waals surface area contributed by atoms with E-state index in [9.17, 15) is 10.0 Å². The average molecular weight is 859 g/mol. The van der Waals surface area contributed by atoms with Crippen LogP contribution in [-0.2, 0) is 10.8 Å². The molecule has 0 radical (unpaired) electrons. The number of benzene rings is 3. The van der Waals surface area contributed by atoms with Crippen LogP contribution in [0.25, 0.3) is 0 Å². The Morgan fingerprint density at radius 3 is 0.951 bits per heavy atom. The van der Waals surface area contributed by atoms with Crippen molar-refractivity contribution in [2.45, 2.75) is 184 Å². The molecule has 7 heteroatoms. The number of hydrogen-bond donors (Lipinski definition) is 0. The Hall–Kier alpha value is -2.26. The molecule has 0 aromatic heterocycles. The van der Waals surface area contributed by atoms with Crippen LogP contribution >= 0.6 is 0 Å². The third kappa shape index (κ3) is 21.3. The van der Waals surface area contributed by atoms with Crippen LogP contribution in [0.2, 0.25) is 0 Å². The van der Waals surface area contributed by atoms with Crippen LogP contribution in [0.3, 0.4) is 0 Å². The summed E-state index contributed by atoms with van der Waals surface area (Å²) < 4.78 is 8.68. The summed E-state index contributed by atoms with van der Waals surface area (Å²) in [6, 6.07) is 27.6. The van der Waals surface area contributed by atoms with E-state index < -0.39 is 15.6 Å². The van der Waals surface area contributed by atoms with Crippen LogP contribution in [0.5, 0.6) is 0 Å². The summed E-state index contributed by atoms with van der Waals surface area (Å²) in [5.41, 5.74) is 1.15. The molecular formula is C54H95BN2O3Si. The maximum atomic E-state index is 11.8. The molecule has 61 heavy (non-hydrogen) atoms. The highest BCUT2D eigenvalue weighted by Gasteiger charge is 2.42. The second-order valence-electron chi connectivity index (χ2n) is 17.9. The molecule has 0 unspecified atom stereocenters. The summed E-state index contributed by atoms with van der Waals surface area (Å²) in [7, 11) is -5.56. The van der Waals surface area contributed by atoms with Crippen molar-refractivity contribution < 1.29 is 23.4 Å². The first-order valence-corrected chi connectivity index (χ1v) is 27.5. The fraction of sp³-hybridized carbons (Fsp3) is 0.667. The van der Waals surface area contributed by atoms with Crippen molar-refractivity contribution in [1.82, 2.24) is 0 Å². The van der Waals surface area contributed by atoms with Gasteiger partial charge in [0.15, 0.2) is 0 Å². The Balaban J connectivity index is 0.000000482. The van der Waals surface area contributed by atoms with Gasteiger partial charge in [-0.05, 0) is 85.3 Å². The number of unbranched alkanes of at least 4 members (excludes halogenated alkanes) is 9. The molecule has 0 atom stereocenters. The van der Waals surface area contributed by atoms with E-state index in [0.29, 0.717) is 0 Å². The van der Waals surface area contributed by atoms with Crippen molar-refractivity contribution in [2.24, 2.45) is 0 Å². The highest BCUT2D eigenvalue weighted by molar-refractivity contribution is 7.09. The minimum absolute atomic E-state index is 0.896. The Morgan fingerprint density at radius 2 is 0.672 bits per heavy atom. The van der Waals surface area contributed by atoms with Gasteiger partial charge in [-0.3, -0.25) is 0 Å². The molecular weight excluding hydrogens is 764 g/mol. The summed E-state index contributed by atoms with van der Waals surface area (Å²) in [6.45, 7) is 32.2. The average Bonchev–Trinajstić information content (AvgIpc) is 3.30. The second kappa shape index (κ2) is 35.1. The van der Waals surface area contributed by atoms with Crippen molar-refractivity contribution in [3.63, 3.8) is 0 Å². The molecule has 0 aliphatic carbocycles. The van der Waals surface area contributed by atoms with Crippen LogP contribution in [-0.4, -0.2) is 77.0 Å². The summed E-state index contributed by atoms with van der Waals surface area (Å²) in [5.74, 6) is 0. The predicted octanol–water partition coefficient (Wildman–Crippen LogP) is 10.7. The molecule has 0 saturated heterocycles. The molecule has 3 aromatic carbocycles. The molecule has 0 heterocycles. The van der Waals surface area contributed by atoms with Crippen molar-refractivity contribution in [3.05, 3.63) is 90.5 Å². The standard InChI is InChI=1S/C22H23BO3Si.2C16H36N/c1-2-3-12-19-13-10-11-18-22(19)27(26-23(24)25,20-14-6-4-7-15-20)21-16-8-5-9-17-21;2*1-5-9-13-17(14-10-6-2,15-11-7-3)16-12-8-4/h4-11,13-18H,2-3,12H2,1H3;2*5-16H2,1-4H3/q-2;2*+1. The van der Waals surface area contributed by atoms with E-state index in [1.54, 1.807) is 0 Å². The van der Waals surface area contributed by atoms with Gasteiger partial charge < -0.3 is 23.4 Å². The van der Waals surface area contributed by atoms with E-state index in [-0.39, 0.29) is 0 Å². The van der Waals surface area contributed by atoms with Gasteiger partial charge in [-0.15, -0.1) is 0 Å². The fourth-order valence-corrected chi connectivity index (χ4v) is 12.9. The molecule has 3 aromatic rings. The van der Waals surface area contributed by atoms with Crippen molar-refractivity contribution in [1.29, 1.82) is 0 Å². The van der Waals surface area contributed by atoms with Crippen molar-refractivity contribution in [2.75, 3.05) is 52.4 Å². The van der Waals surface area contributed by atoms with Crippen LogP contribution in [0.4, 0.5) is 0 Å². The Kier molecular flexibility index (Phi) is 32.7. The maximum Gasteiger partial charge on any atom is 0.271 e. The van der Waals surface area contributed by atoms with Gasteiger partial charge in [-0.1, -0.05) is 205 Å². The zero-order chi connectivity index (χ0) is 45.1. The quantitative estimate of drug-likeness (QED) is 0.0357. The van der Waals surface area contributed by atoms with Gasteiger partial charge in [0, 0.05) is 7.32 Å². The predicted molar refractivity (Wildman–Crippen MR) is 268 cm³/mol. The van der Waals surface area contributed by atoms with Gasteiger partial charge in [-0.2, -0.15) is 0 Å². The lowest BCUT2D eigenvalue weighted by Gasteiger charge is -2.43. The topological polar surface area (TPSA) is 55.3 Å². The monoisotopic (exact) mass is 859 g/mol. The third-order valence-corrected chi connectivity index (χ3v) is 16.8. The van der Waals surface area contributed by atoms with E-state index in [0.717, 1.165) is 40.4 Å². The molecule has 0 N–H and O–H groups in total. The number of nitrogens with zero attached hydrogens (tertiary/aromatic N) is 2. The van der Waals surface area contributed by atoms with Crippen molar-refractivity contribution in [3.8, 4) is 0 Å². The van der Waals surface area contributed by atoms with Gasteiger partial charge in [0.2, 0.25) is 0 Å². The molecule has 0 aliphatic rings. The first kappa shape index (κ1) is 56.8. The number of aryl methyl sites for hydroxylation is 1. The molecule has 5 nitrogen and oxygen atoms in total. The minimum Gasteiger partial charge on any atom is -0.872 e. The zero-order valence-electron chi connectivity index (χ0n) is 41.4. The largest absolute Gasteiger partial charge is 0.872 e. The lowest BCUT2D eigenvalue weighted by Crippen LogP contribution is -2.74. The smallest absolute Gasteiger partial charge is 0.271 e. The van der Waals surface area contributed by atoms with Gasteiger partial charge in [0.1, 0.15) is 0 Å². The van der Waals surface area contributed by atoms with Gasteiger partial charge in [0.05, 0.1) is 52.4 Å². The van der Waals surface area contributed by atoms with E-state index in [1.807, 2.05) is 78.9 Å². The molecule has 0 aliphatic heterocycles. The number of rotatable bonds is 32. The van der Waals surface area contributed by atoms with E-state index in [1.165, 1.54) is 164 Å². The first-order valence-electron chi connectivity index (χ1n) is 25.6. The molecule has 3 rings (SSSR count). The summed E-state index contributed by atoms with van der Waals surface area (Å²) in [6.07, 6.45) is 25.1. The molecule has 0 bridgehead atoms. The highest BCUT2D eigenvalue weighted by Crippen LogP contribution is 2.18. The Bertz CT molecular complexity index is 1280. The lowest BCUT2D eigenvalue weighted by molar-refractivity contribution is -0.929. The Labute approximate surface area is 380 Å². The minimum atomic E-state index is -3.21. The molecule has 0 fully saturated rings. The summed E-state index contributed by atoms with van der Waals surface area (Å²) in [5, 5.41) is 26.5. The van der Waals surface area contributed by atoms with Crippen molar-refractivity contribution >= 4 is 31.2 Å². The van der Waals surface area contributed by atoms with Crippen LogP contribution in [0.15, 0.2) is 84.9 Å². The lowest BCUT2D eigenvalue weighted by atomic mass is 10.1. The van der Waals surface area contributed by atoms with Crippen LogP contribution in [0.1, 0.15) is 183 Å². The SMILES string of the molecule is CCCC[N+](CCCC)(CCCC)CCCC.CCCC[N+](CCCC)(CCCC)CCCC.CCCCc1ccccc1[Si](OB([O-])[O-])(c1ccccc1)c1ccccc1. The Morgan fingerprint density at radius 1 is 0.393 bits per heavy atom. The molecule has 0 amide bonds. The molecule has 346 valence electrons. The number of hydrogen-bond acceptors (Lipinski definition) is 3. The molecule has 0 spiro atoms. The summed E-state index contributed by atoms with van der Waals surface area (Å²) in [4.78, 5) is 0.